The van der Waals surface area contributed by atoms with Crippen LogP contribution in [0.5, 0.6) is 0 Å². The van der Waals surface area contributed by atoms with Crippen LogP contribution in [-0.4, -0.2) is 4.98 Å². The van der Waals surface area contributed by atoms with Crippen LogP contribution in [0.1, 0.15) is 0 Å². The van der Waals surface area contributed by atoms with Crippen LogP contribution < -0.4 is 0 Å². The van der Waals surface area contributed by atoms with E-state index in [0.717, 1.165) is 66.4 Å². The highest BCUT2D eigenvalue weighted by Gasteiger charge is 2.18. The third-order valence-corrected chi connectivity index (χ3v) is 10.8. The Hall–Kier alpha value is -7.03. The van der Waals surface area contributed by atoms with Crippen LogP contribution in [0.2, 0.25) is 0 Å². The van der Waals surface area contributed by atoms with Gasteiger partial charge in [0, 0.05) is 21.7 Å². The Kier molecular flexibility index (Phi) is 6.59. The van der Waals surface area contributed by atoms with E-state index in [4.69, 9.17) is 9.40 Å². The summed E-state index contributed by atoms with van der Waals surface area (Å²) in [6.45, 7) is 0. The predicted molar refractivity (Wildman–Crippen MR) is 223 cm³/mol. The quantitative estimate of drug-likeness (QED) is 0.174. The monoisotopic (exact) mass is 673 g/mol. The first-order chi connectivity index (χ1) is 26.3. The van der Waals surface area contributed by atoms with Gasteiger partial charge in [-0.1, -0.05) is 146 Å². The van der Waals surface area contributed by atoms with Crippen molar-refractivity contribution in [3.05, 3.63) is 188 Å². The highest BCUT2D eigenvalue weighted by Crippen LogP contribution is 2.43. The molecule has 2 heterocycles. The fourth-order valence-electron chi connectivity index (χ4n) is 8.36. The average Bonchev–Trinajstić information content (AvgIpc) is 3.62. The van der Waals surface area contributed by atoms with Gasteiger partial charge in [0.25, 0.3) is 0 Å². The number of pyridine rings is 1. The number of aromatic nitrogens is 1. The van der Waals surface area contributed by atoms with Crippen molar-refractivity contribution in [2.24, 2.45) is 0 Å². The van der Waals surface area contributed by atoms with E-state index in [1.54, 1.807) is 0 Å². The Balaban J connectivity index is 1.14. The first kappa shape index (κ1) is 29.7. The maximum atomic E-state index is 6.63. The van der Waals surface area contributed by atoms with Gasteiger partial charge in [-0.15, -0.1) is 0 Å². The lowest BCUT2D eigenvalue weighted by atomic mass is 9.90. The fraction of sp³-hybridized carbons (Fsp3) is 0. The van der Waals surface area contributed by atoms with Gasteiger partial charge in [0.05, 0.1) is 11.2 Å². The molecule has 0 spiro atoms. The van der Waals surface area contributed by atoms with Crippen LogP contribution >= 0.6 is 0 Å². The minimum Gasteiger partial charge on any atom is -0.456 e. The summed E-state index contributed by atoms with van der Waals surface area (Å²) in [6.07, 6.45) is 0. The number of hydrogen-bond donors (Lipinski definition) is 0. The Morgan fingerprint density at radius 3 is 1.66 bits per heavy atom. The molecule has 0 N–H and O–H groups in total. The lowest BCUT2D eigenvalue weighted by molar-refractivity contribution is 0.669. The Morgan fingerprint density at radius 1 is 0.302 bits per heavy atom. The Morgan fingerprint density at radius 2 is 0.887 bits per heavy atom. The summed E-state index contributed by atoms with van der Waals surface area (Å²) in [7, 11) is 0. The van der Waals surface area contributed by atoms with Crippen molar-refractivity contribution in [2.75, 3.05) is 0 Å². The maximum absolute atomic E-state index is 6.63. The van der Waals surface area contributed by atoms with Crippen molar-refractivity contribution in [1.29, 1.82) is 0 Å². The molecule has 2 aromatic heterocycles. The molecule has 0 amide bonds. The number of rotatable bonds is 4. The third-order valence-electron chi connectivity index (χ3n) is 10.8. The van der Waals surface area contributed by atoms with Crippen LogP contribution in [0.3, 0.4) is 0 Å². The van der Waals surface area contributed by atoms with E-state index in [2.05, 4.69) is 176 Å². The lowest BCUT2D eigenvalue weighted by Gasteiger charge is -2.14. The highest BCUT2D eigenvalue weighted by molar-refractivity contribution is 6.25. The summed E-state index contributed by atoms with van der Waals surface area (Å²) in [4.78, 5) is 5.09. The molecule has 11 aromatic rings. The largest absolute Gasteiger partial charge is 0.456 e. The number of furan rings is 1. The molecule has 0 fully saturated rings. The van der Waals surface area contributed by atoms with Crippen molar-refractivity contribution in [3.8, 4) is 44.6 Å². The molecule has 246 valence electrons. The molecule has 0 aliphatic heterocycles. The fourth-order valence-corrected chi connectivity index (χ4v) is 8.36. The number of hydrogen-bond acceptors (Lipinski definition) is 2. The van der Waals surface area contributed by atoms with Crippen LogP contribution in [0.4, 0.5) is 0 Å². The standard InChI is InChI=1S/C51H31NO/c1-2-13-32(14-3-1)48-31-44(42-21-8-10-23-47(42)52-48)36-29-45(51-43-22-9-11-24-49(43)53-50(51)30-36)35-16-12-15-33(27-35)34-25-26-41-39-19-5-4-17-37(39)38-18-6-7-20-40(38)46(41)28-34/h1-31H. The number of nitrogens with zero attached hydrogens (tertiary/aromatic N) is 1. The normalized spacial score (nSPS) is 11.8. The van der Waals surface area contributed by atoms with Crippen LogP contribution in [0, 0.1) is 0 Å². The molecule has 0 saturated carbocycles. The molecule has 53 heavy (non-hydrogen) atoms. The molecule has 2 heteroatoms. The summed E-state index contributed by atoms with van der Waals surface area (Å²) in [5.41, 5.74) is 11.6. The van der Waals surface area contributed by atoms with E-state index in [1.807, 2.05) is 12.1 Å². The van der Waals surface area contributed by atoms with E-state index < -0.39 is 0 Å². The summed E-state index contributed by atoms with van der Waals surface area (Å²) in [5.74, 6) is 0. The zero-order valence-electron chi connectivity index (χ0n) is 28.8. The Bertz CT molecular complexity index is 3190. The van der Waals surface area contributed by atoms with E-state index in [0.29, 0.717) is 0 Å². The second-order valence-corrected chi connectivity index (χ2v) is 13.9. The molecule has 0 radical (unpaired) electrons. The van der Waals surface area contributed by atoms with Gasteiger partial charge in [-0.25, -0.2) is 4.98 Å². The Labute approximate surface area is 306 Å². The molecule has 9 aromatic carbocycles. The molecule has 0 bridgehead atoms. The highest BCUT2D eigenvalue weighted by atomic mass is 16.3. The number of benzene rings is 9. The number of para-hydroxylation sites is 2. The summed E-state index contributed by atoms with van der Waals surface area (Å²) in [6, 6.07) is 67.5. The van der Waals surface area contributed by atoms with E-state index in [9.17, 15) is 0 Å². The van der Waals surface area contributed by atoms with Crippen molar-refractivity contribution < 1.29 is 4.42 Å². The smallest absolute Gasteiger partial charge is 0.136 e. The van der Waals surface area contributed by atoms with E-state index in [1.165, 1.54) is 43.4 Å². The zero-order valence-corrected chi connectivity index (χ0v) is 28.8. The molecular weight excluding hydrogens is 643 g/mol. The molecule has 0 unspecified atom stereocenters. The molecule has 0 aliphatic carbocycles. The van der Waals surface area contributed by atoms with Gasteiger partial charge >= 0.3 is 0 Å². The van der Waals surface area contributed by atoms with E-state index >= 15 is 0 Å². The van der Waals surface area contributed by atoms with Crippen molar-refractivity contribution >= 4 is 65.2 Å². The van der Waals surface area contributed by atoms with Gasteiger partial charge in [0.2, 0.25) is 0 Å². The van der Waals surface area contributed by atoms with Crippen LogP contribution in [0.25, 0.3) is 110 Å². The molecule has 2 nitrogen and oxygen atoms in total. The SMILES string of the molecule is c1ccc(-c2cc(-c3cc(-c4cccc(-c5ccc6c7ccccc7c7ccccc7c6c5)c4)c4c(c3)oc3ccccc34)c3ccccc3n2)cc1. The van der Waals surface area contributed by atoms with Crippen LogP contribution in [0.15, 0.2) is 192 Å². The summed E-state index contributed by atoms with van der Waals surface area (Å²) in [5, 5.41) is 11.0. The second kappa shape index (κ2) is 11.8. The van der Waals surface area contributed by atoms with Crippen LogP contribution in [-0.2, 0) is 0 Å². The minimum absolute atomic E-state index is 0.871. The van der Waals surface area contributed by atoms with Crippen molar-refractivity contribution in [1.82, 2.24) is 4.98 Å². The summed E-state index contributed by atoms with van der Waals surface area (Å²) >= 11 is 0. The zero-order chi connectivity index (χ0) is 34.9. The first-order valence-electron chi connectivity index (χ1n) is 18.1. The topological polar surface area (TPSA) is 26.0 Å². The van der Waals surface area contributed by atoms with E-state index in [-0.39, 0.29) is 0 Å². The molecule has 0 saturated heterocycles. The lowest BCUT2D eigenvalue weighted by Crippen LogP contribution is -1.91. The van der Waals surface area contributed by atoms with Gasteiger partial charge in [-0.2, -0.15) is 0 Å². The van der Waals surface area contributed by atoms with Gasteiger partial charge in [-0.05, 0) is 108 Å². The van der Waals surface area contributed by atoms with Gasteiger partial charge in [0.15, 0.2) is 0 Å². The molecular formula is C51H31NO. The van der Waals surface area contributed by atoms with Crippen molar-refractivity contribution in [2.45, 2.75) is 0 Å². The van der Waals surface area contributed by atoms with Gasteiger partial charge in [0.1, 0.15) is 11.2 Å². The predicted octanol–water partition coefficient (Wildman–Crippen LogP) is 14.3. The van der Waals surface area contributed by atoms with Crippen molar-refractivity contribution in [3.63, 3.8) is 0 Å². The maximum Gasteiger partial charge on any atom is 0.136 e. The minimum atomic E-state index is 0.871. The third kappa shape index (κ3) is 4.77. The number of fused-ring (bicyclic) bond motifs is 10. The van der Waals surface area contributed by atoms with Gasteiger partial charge in [-0.3, -0.25) is 0 Å². The second-order valence-electron chi connectivity index (χ2n) is 13.9. The first-order valence-corrected chi connectivity index (χ1v) is 18.1. The molecule has 0 aliphatic rings. The average molecular weight is 674 g/mol. The van der Waals surface area contributed by atoms with Gasteiger partial charge < -0.3 is 4.42 Å². The molecule has 0 atom stereocenters. The molecule has 11 rings (SSSR count). The summed E-state index contributed by atoms with van der Waals surface area (Å²) < 4.78 is 6.63.